The summed E-state index contributed by atoms with van der Waals surface area (Å²) >= 11 is 0. The zero-order valence-electron chi connectivity index (χ0n) is 9.99. The van der Waals surface area contributed by atoms with E-state index in [0.29, 0.717) is 12.1 Å². The van der Waals surface area contributed by atoms with Crippen molar-refractivity contribution in [3.8, 4) is 0 Å². The van der Waals surface area contributed by atoms with Crippen molar-refractivity contribution < 1.29 is 9.53 Å². The number of nitrogens with one attached hydrogen (secondary N) is 2. The minimum Gasteiger partial charge on any atom is -0.447 e. The highest BCUT2D eigenvalue weighted by Gasteiger charge is 2.04. The van der Waals surface area contributed by atoms with E-state index < -0.39 is 6.09 Å². The van der Waals surface area contributed by atoms with Crippen LogP contribution >= 0.6 is 0 Å². The average Bonchev–Trinajstić information content (AvgIpc) is 2.26. The fourth-order valence-electron chi connectivity index (χ4n) is 1.23. The van der Waals surface area contributed by atoms with Crippen molar-refractivity contribution in [2.45, 2.75) is 26.5 Å². The molecule has 4 N–H and O–H groups in total. The van der Waals surface area contributed by atoms with E-state index in [9.17, 15) is 4.79 Å². The van der Waals surface area contributed by atoms with Crippen molar-refractivity contribution >= 4 is 11.9 Å². The van der Waals surface area contributed by atoms with Gasteiger partial charge < -0.3 is 15.8 Å². The molecule has 5 heteroatoms. The number of alkyl carbamates (subject to hydrolysis) is 1. The number of nitrogen functional groups attached to an aromatic ring is 1. The summed E-state index contributed by atoms with van der Waals surface area (Å²) in [5, 5.41) is 9.87. The molecule has 0 aliphatic heterocycles. The molecule has 0 spiro atoms. The molecule has 1 aromatic rings. The number of ether oxygens (including phenoxy) is 1. The molecular formula is C12H17N3O2. The lowest BCUT2D eigenvalue weighted by molar-refractivity contribution is 0.115. The zero-order chi connectivity index (χ0) is 12.8. The molecule has 1 amide bonds. The maximum absolute atomic E-state index is 11.2. The fourth-order valence-corrected chi connectivity index (χ4v) is 1.23. The van der Waals surface area contributed by atoms with Crippen molar-refractivity contribution in [2.75, 3.05) is 0 Å². The first-order valence-electron chi connectivity index (χ1n) is 5.37. The highest BCUT2D eigenvalue weighted by molar-refractivity contribution is 5.94. The van der Waals surface area contributed by atoms with Crippen molar-refractivity contribution in [1.82, 2.24) is 5.32 Å². The van der Waals surface area contributed by atoms with Gasteiger partial charge in [0, 0.05) is 12.1 Å². The first-order chi connectivity index (χ1) is 7.99. The van der Waals surface area contributed by atoms with E-state index >= 15 is 0 Å². The second-order valence-electron chi connectivity index (χ2n) is 3.92. The molecule has 0 bridgehead atoms. The van der Waals surface area contributed by atoms with Gasteiger partial charge in [-0.3, -0.25) is 5.41 Å². The van der Waals surface area contributed by atoms with Gasteiger partial charge in [-0.25, -0.2) is 4.79 Å². The summed E-state index contributed by atoms with van der Waals surface area (Å²) in [5.74, 6) is 0.0312. The Morgan fingerprint density at radius 2 is 2.00 bits per heavy atom. The summed E-state index contributed by atoms with van der Waals surface area (Å²) in [6.45, 7) is 3.98. The van der Waals surface area contributed by atoms with Gasteiger partial charge in [0.1, 0.15) is 5.84 Å². The number of amidine groups is 1. The predicted molar refractivity (Wildman–Crippen MR) is 65.9 cm³/mol. The molecule has 0 radical (unpaired) electrons. The summed E-state index contributed by atoms with van der Waals surface area (Å²) in [7, 11) is 0. The van der Waals surface area contributed by atoms with Gasteiger partial charge in [0.15, 0.2) is 0 Å². The molecule has 0 atom stereocenters. The van der Waals surface area contributed by atoms with Crippen LogP contribution < -0.4 is 11.1 Å². The van der Waals surface area contributed by atoms with Crippen LogP contribution in [0, 0.1) is 5.41 Å². The average molecular weight is 235 g/mol. The van der Waals surface area contributed by atoms with E-state index in [1.807, 2.05) is 12.1 Å². The molecule has 0 unspecified atom stereocenters. The zero-order valence-corrected chi connectivity index (χ0v) is 9.99. The molecule has 5 nitrogen and oxygen atoms in total. The quantitative estimate of drug-likeness (QED) is 0.547. The second-order valence-corrected chi connectivity index (χ2v) is 3.92. The summed E-state index contributed by atoms with van der Waals surface area (Å²) in [6, 6.07) is 7.11. The van der Waals surface area contributed by atoms with Gasteiger partial charge in [0.2, 0.25) is 0 Å². The molecule has 92 valence electrons. The van der Waals surface area contributed by atoms with Crippen LogP contribution in [-0.2, 0) is 11.3 Å². The first kappa shape index (κ1) is 13.0. The maximum Gasteiger partial charge on any atom is 0.407 e. The Hall–Kier alpha value is -2.04. The van der Waals surface area contributed by atoms with Gasteiger partial charge in [0.25, 0.3) is 0 Å². The summed E-state index contributed by atoms with van der Waals surface area (Å²) < 4.78 is 4.93. The Balaban J connectivity index is 2.47. The highest BCUT2D eigenvalue weighted by Crippen LogP contribution is 2.03. The lowest BCUT2D eigenvalue weighted by atomic mass is 10.1. The number of carbonyl (C=O) groups is 1. The molecule has 0 saturated heterocycles. The van der Waals surface area contributed by atoms with Crippen molar-refractivity contribution in [3.63, 3.8) is 0 Å². The number of hydrogen-bond donors (Lipinski definition) is 3. The maximum atomic E-state index is 11.2. The van der Waals surface area contributed by atoms with E-state index in [4.69, 9.17) is 15.9 Å². The lowest BCUT2D eigenvalue weighted by Crippen LogP contribution is -2.26. The number of amides is 1. The standard InChI is InChI=1S/C12H17N3O2/c1-8(2)17-12(16)15-7-9-3-5-10(6-4-9)11(13)14/h3-6,8H,7H2,1-2H3,(H3,13,14)(H,15,16). The summed E-state index contributed by atoms with van der Waals surface area (Å²) in [6.07, 6.45) is -0.564. The van der Waals surface area contributed by atoms with Gasteiger partial charge in [0.05, 0.1) is 6.10 Å². The van der Waals surface area contributed by atoms with Crippen LogP contribution in [0.2, 0.25) is 0 Å². The molecule has 0 saturated carbocycles. The van der Waals surface area contributed by atoms with Crippen LogP contribution in [0.5, 0.6) is 0 Å². The topological polar surface area (TPSA) is 88.2 Å². The second kappa shape index (κ2) is 5.89. The minimum absolute atomic E-state index is 0.0312. The number of rotatable bonds is 4. The van der Waals surface area contributed by atoms with Crippen molar-refractivity contribution in [2.24, 2.45) is 5.73 Å². The fraction of sp³-hybridized carbons (Fsp3) is 0.333. The van der Waals surface area contributed by atoms with Crippen LogP contribution in [0.25, 0.3) is 0 Å². The van der Waals surface area contributed by atoms with E-state index in [-0.39, 0.29) is 11.9 Å². The molecule has 0 aromatic heterocycles. The molecule has 0 aliphatic rings. The van der Waals surface area contributed by atoms with Gasteiger partial charge in [-0.05, 0) is 19.4 Å². The molecule has 0 aliphatic carbocycles. The largest absolute Gasteiger partial charge is 0.447 e. The molecule has 0 heterocycles. The predicted octanol–water partition coefficient (Wildman–Crippen LogP) is 1.61. The van der Waals surface area contributed by atoms with Gasteiger partial charge in [-0.1, -0.05) is 24.3 Å². The monoisotopic (exact) mass is 235 g/mol. The van der Waals surface area contributed by atoms with Gasteiger partial charge >= 0.3 is 6.09 Å². The molecule has 0 fully saturated rings. The third kappa shape index (κ3) is 4.55. The summed E-state index contributed by atoms with van der Waals surface area (Å²) in [4.78, 5) is 11.2. The lowest BCUT2D eigenvalue weighted by Gasteiger charge is -2.09. The Bertz CT molecular complexity index is 399. The molecule has 17 heavy (non-hydrogen) atoms. The number of benzene rings is 1. The van der Waals surface area contributed by atoms with Crippen molar-refractivity contribution in [1.29, 1.82) is 5.41 Å². The van der Waals surface area contributed by atoms with Crippen LogP contribution in [0.15, 0.2) is 24.3 Å². The smallest absolute Gasteiger partial charge is 0.407 e. The highest BCUT2D eigenvalue weighted by atomic mass is 16.6. The summed E-state index contributed by atoms with van der Waals surface area (Å²) in [5.41, 5.74) is 6.93. The Morgan fingerprint density at radius 1 is 1.41 bits per heavy atom. The minimum atomic E-state index is -0.435. The number of hydrogen-bond acceptors (Lipinski definition) is 3. The van der Waals surface area contributed by atoms with E-state index in [1.54, 1.807) is 26.0 Å². The van der Waals surface area contributed by atoms with E-state index in [1.165, 1.54) is 0 Å². The third-order valence-electron chi connectivity index (χ3n) is 2.04. The van der Waals surface area contributed by atoms with Crippen LogP contribution in [0.3, 0.4) is 0 Å². The van der Waals surface area contributed by atoms with E-state index in [0.717, 1.165) is 5.56 Å². The Labute approximate surface area is 100 Å². The van der Waals surface area contributed by atoms with E-state index in [2.05, 4.69) is 5.32 Å². The van der Waals surface area contributed by atoms with Gasteiger partial charge in [-0.2, -0.15) is 0 Å². The van der Waals surface area contributed by atoms with Gasteiger partial charge in [-0.15, -0.1) is 0 Å². The van der Waals surface area contributed by atoms with Crippen LogP contribution in [0.1, 0.15) is 25.0 Å². The third-order valence-corrected chi connectivity index (χ3v) is 2.04. The van der Waals surface area contributed by atoms with Crippen LogP contribution in [-0.4, -0.2) is 18.0 Å². The molecular weight excluding hydrogens is 218 g/mol. The SMILES string of the molecule is CC(C)OC(=O)NCc1ccc(C(=N)N)cc1. The molecule has 1 aromatic carbocycles. The normalized spacial score (nSPS) is 10.1. The molecule has 1 rings (SSSR count). The Kier molecular flexibility index (Phi) is 4.51. The van der Waals surface area contributed by atoms with Crippen molar-refractivity contribution in [3.05, 3.63) is 35.4 Å². The first-order valence-corrected chi connectivity index (χ1v) is 5.37. The van der Waals surface area contributed by atoms with Crippen LogP contribution in [0.4, 0.5) is 4.79 Å². The number of nitrogens with two attached hydrogens (primary N) is 1. The Morgan fingerprint density at radius 3 is 2.47 bits per heavy atom. The number of carbonyl (C=O) groups excluding carboxylic acids is 1.